The van der Waals surface area contributed by atoms with Crippen LogP contribution in [0.15, 0.2) is 0 Å². The van der Waals surface area contributed by atoms with Gasteiger partial charge in [0.15, 0.2) is 0 Å². The Bertz CT molecular complexity index is 353. The van der Waals surface area contributed by atoms with Crippen LogP contribution in [0.1, 0.15) is 25.5 Å². The average Bonchev–Trinajstić information content (AvgIpc) is 2.70. The topological polar surface area (TPSA) is 41.1 Å². The lowest BCUT2D eigenvalue weighted by Crippen LogP contribution is -2.24. The van der Waals surface area contributed by atoms with Gasteiger partial charge in [-0.1, -0.05) is 11.4 Å². The van der Waals surface area contributed by atoms with E-state index >= 15 is 0 Å². The summed E-state index contributed by atoms with van der Waals surface area (Å²) in [6.45, 7) is 3.19. The smallest absolute Gasteiger partial charge is 0.374 e. The fraction of sp³-hybridized carbons (Fsp3) is 0.800. The average molecular weight is 282 g/mol. The number of rotatable bonds is 7. The number of anilines is 1. The van der Waals surface area contributed by atoms with Crippen LogP contribution in [0.3, 0.4) is 0 Å². The molecule has 1 N–H and O–H groups in total. The van der Waals surface area contributed by atoms with Gasteiger partial charge in [0.1, 0.15) is 10.7 Å². The van der Waals surface area contributed by atoms with E-state index in [1.807, 2.05) is 6.92 Å². The molecule has 0 aliphatic heterocycles. The third kappa shape index (κ3) is 5.63. The van der Waals surface area contributed by atoms with Crippen molar-refractivity contribution in [1.82, 2.24) is 14.5 Å². The van der Waals surface area contributed by atoms with Crippen molar-refractivity contribution in [2.75, 3.05) is 25.5 Å². The molecule has 104 valence electrons. The summed E-state index contributed by atoms with van der Waals surface area (Å²) in [5, 5.41) is 7.95. The number of aromatic nitrogens is 2. The van der Waals surface area contributed by atoms with E-state index in [1.54, 1.807) is 11.9 Å². The van der Waals surface area contributed by atoms with E-state index < -0.39 is 12.6 Å². The number of hydrogen-bond acceptors (Lipinski definition) is 5. The highest BCUT2D eigenvalue weighted by Gasteiger charge is 2.27. The van der Waals surface area contributed by atoms with Crippen molar-refractivity contribution in [2.45, 2.75) is 32.5 Å². The van der Waals surface area contributed by atoms with E-state index in [-0.39, 0.29) is 6.54 Å². The number of alkyl halides is 3. The Balaban J connectivity index is 2.43. The molecule has 0 amide bonds. The lowest BCUT2D eigenvalue weighted by atomic mass is 10.3. The first kappa shape index (κ1) is 15.2. The maximum atomic E-state index is 12.1. The molecular formula is C10H17F3N4S. The molecule has 1 rings (SSSR count). The second-order valence-electron chi connectivity index (χ2n) is 4.08. The minimum Gasteiger partial charge on any atom is -0.374 e. The first-order valence-corrected chi connectivity index (χ1v) is 6.50. The molecule has 0 saturated carbocycles. The normalized spacial score (nSPS) is 12.1. The number of nitrogens with zero attached hydrogens (tertiary/aromatic N) is 3. The molecule has 0 radical (unpaired) electrons. The summed E-state index contributed by atoms with van der Waals surface area (Å²) >= 11 is 1.23. The largest absolute Gasteiger partial charge is 0.390 e. The zero-order valence-electron chi connectivity index (χ0n) is 10.4. The van der Waals surface area contributed by atoms with E-state index in [0.717, 1.165) is 18.0 Å². The third-order valence-electron chi connectivity index (χ3n) is 2.29. The predicted molar refractivity (Wildman–Crippen MR) is 65.7 cm³/mol. The van der Waals surface area contributed by atoms with Crippen LogP contribution in [0.2, 0.25) is 0 Å². The molecule has 1 heterocycles. The van der Waals surface area contributed by atoms with Gasteiger partial charge in [0.05, 0.1) is 6.42 Å². The molecule has 4 nitrogen and oxygen atoms in total. The molecule has 0 fully saturated rings. The summed E-state index contributed by atoms with van der Waals surface area (Å²) in [4.78, 5) is 1.60. The van der Waals surface area contributed by atoms with Crippen LogP contribution in [-0.4, -0.2) is 40.8 Å². The minimum absolute atomic E-state index is 0.0335. The summed E-state index contributed by atoms with van der Waals surface area (Å²) in [7, 11) is 1.65. The van der Waals surface area contributed by atoms with Crippen molar-refractivity contribution in [2.24, 2.45) is 0 Å². The number of nitrogens with one attached hydrogen (secondary N) is 1. The van der Waals surface area contributed by atoms with Crippen LogP contribution < -0.4 is 5.32 Å². The van der Waals surface area contributed by atoms with E-state index in [9.17, 15) is 13.2 Å². The lowest BCUT2D eigenvalue weighted by Gasteiger charge is -2.16. The molecule has 0 unspecified atom stereocenters. The maximum absolute atomic E-state index is 12.1. The zero-order chi connectivity index (χ0) is 13.6. The standard InChI is InChI=1S/C10H17F3N4S/c1-3-5-14-9-8(15-16-18-9)7-17(2)6-4-10(11,12)13/h14H,3-7H2,1-2H3. The predicted octanol–water partition coefficient (Wildman–Crippen LogP) is 2.74. The molecule has 0 saturated heterocycles. The summed E-state index contributed by atoms with van der Waals surface area (Å²) < 4.78 is 40.0. The molecule has 1 aromatic rings. The highest BCUT2D eigenvalue weighted by Crippen LogP contribution is 2.22. The van der Waals surface area contributed by atoms with Crippen LogP contribution in [0.25, 0.3) is 0 Å². The van der Waals surface area contributed by atoms with Gasteiger partial charge in [-0.25, -0.2) is 0 Å². The van der Waals surface area contributed by atoms with E-state index in [2.05, 4.69) is 14.9 Å². The Hall–Kier alpha value is -0.890. The van der Waals surface area contributed by atoms with Crippen LogP contribution >= 0.6 is 11.5 Å². The van der Waals surface area contributed by atoms with Gasteiger partial charge >= 0.3 is 6.18 Å². The van der Waals surface area contributed by atoms with Crippen LogP contribution in [0, 0.1) is 0 Å². The Kier molecular flexibility index (Phi) is 5.80. The van der Waals surface area contributed by atoms with Gasteiger partial charge in [-0.2, -0.15) is 13.2 Å². The quantitative estimate of drug-likeness (QED) is 0.835. The lowest BCUT2D eigenvalue weighted by molar-refractivity contribution is -0.137. The fourth-order valence-electron chi connectivity index (χ4n) is 1.34. The van der Waals surface area contributed by atoms with Gasteiger partial charge in [-0.05, 0) is 13.5 Å². The van der Waals surface area contributed by atoms with Crippen LogP contribution in [0.5, 0.6) is 0 Å². The summed E-state index contributed by atoms with van der Waals surface area (Å²) in [6, 6.07) is 0. The molecule has 0 atom stereocenters. The van der Waals surface area contributed by atoms with Gasteiger partial charge in [0.2, 0.25) is 0 Å². The first-order valence-electron chi connectivity index (χ1n) is 5.72. The molecule has 0 aromatic carbocycles. The van der Waals surface area contributed by atoms with Crippen molar-refractivity contribution in [3.63, 3.8) is 0 Å². The van der Waals surface area contributed by atoms with E-state index in [0.29, 0.717) is 12.2 Å². The van der Waals surface area contributed by atoms with Gasteiger partial charge in [-0.3, -0.25) is 0 Å². The first-order chi connectivity index (χ1) is 8.42. The van der Waals surface area contributed by atoms with Gasteiger partial charge in [0.25, 0.3) is 0 Å². The molecule has 0 bridgehead atoms. The fourth-order valence-corrected chi connectivity index (χ4v) is 1.94. The van der Waals surface area contributed by atoms with Gasteiger partial charge in [0, 0.05) is 31.2 Å². The molecule has 0 spiro atoms. The summed E-state index contributed by atoms with van der Waals surface area (Å²) in [6.07, 6.45) is -3.95. The highest BCUT2D eigenvalue weighted by molar-refractivity contribution is 7.10. The van der Waals surface area contributed by atoms with Gasteiger partial charge in [-0.15, -0.1) is 5.10 Å². The molecule has 0 aliphatic rings. The van der Waals surface area contributed by atoms with E-state index in [4.69, 9.17) is 0 Å². The summed E-state index contributed by atoms with van der Waals surface area (Å²) in [5.74, 6) is 0. The summed E-state index contributed by atoms with van der Waals surface area (Å²) in [5.41, 5.74) is 0.707. The van der Waals surface area contributed by atoms with E-state index in [1.165, 1.54) is 11.5 Å². The Morgan fingerprint density at radius 1 is 1.39 bits per heavy atom. The second kappa shape index (κ2) is 6.89. The van der Waals surface area contributed by atoms with Crippen LogP contribution in [-0.2, 0) is 6.54 Å². The zero-order valence-corrected chi connectivity index (χ0v) is 11.2. The second-order valence-corrected chi connectivity index (χ2v) is 4.83. The molecule has 0 aliphatic carbocycles. The third-order valence-corrected chi connectivity index (χ3v) is 3.01. The minimum atomic E-state index is -4.11. The number of halogens is 3. The van der Waals surface area contributed by atoms with Crippen molar-refractivity contribution in [3.8, 4) is 0 Å². The van der Waals surface area contributed by atoms with Crippen LogP contribution in [0.4, 0.5) is 18.2 Å². The Morgan fingerprint density at radius 3 is 2.72 bits per heavy atom. The number of hydrogen-bond donors (Lipinski definition) is 1. The van der Waals surface area contributed by atoms with Crippen molar-refractivity contribution in [1.29, 1.82) is 0 Å². The Morgan fingerprint density at radius 2 is 2.11 bits per heavy atom. The maximum Gasteiger partial charge on any atom is 0.390 e. The molecular weight excluding hydrogens is 265 g/mol. The van der Waals surface area contributed by atoms with Crippen molar-refractivity contribution in [3.05, 3.63) is 5.69 Å². The highest BCUT2D eigenvalue weighted by atomic mass is 32.1. The molecule has 1 aromatic heterocycles. The Labute approximate surface area is 108 Å². The SMILES string of the molecule is CCCNc1snnc1CN(C)CCC(F)(F)F. The molecule has 8 heteroatoms. The van der Waals surface area contributed by atoms with Crippen molar-refractivity contribution < 1.29 is 13.2 Å². The monoisotopic (exact) mass is 282 g/mol. The molecule has 18 heavy (non-hydrogen) atoms. The van der Waals surface area contributed by atoms with Crippen molar-refractivity contribution >= 4 is 16.5 Å². The van der Waals surface area contributed by atoms with Gasteiger partial charge < -0.3 is 10.2 Å².